The number of hydrogen-bond donors (Lipinski definition) is 1. The summed E-state index contributed by atoms with van der Waals surface area (Å²) < 4.78 is 2.05. The van der Waals surface area contributed by atoms with Gasteiger partial charge in [0.25, 0.3) is 0 Å². The molecule has 1 unspecified atom stereocenters. The summed E-state index contributed by atoms with van der Waals surface area (Å²) in [5, 5.41) is 0. The first-order valence-electron chi connectivity index (χ1n) is 6.57. The third-order valence-corrected chi connectivity index (χ3v) is 3.79. The standard InChI is InChI=1S/C13H19N5/c1-2-17-7-5-10(8-17)9-18-12-11(16-13(18)14)4-3-6-15-12/h3-4,6,10H,2,5,7-9H2,1H3,(H2,14,16). The highest BCUT2D eigenvalue weighted by atomic mass is 15.2. The Morgan fingerprint density at radius 2 is 2.39 bits per heavy atom. The van der Waals surface area contributed by atoms with E-state index in [1.807, 2.05) is 12.1 Å². The number of fused-ring (bicyclic) bond motifs is 1. The van der Waals surface area contributed by atoms with Gasteiger partial charge in [-0.15, -0.1) is 0 Å². The fraction of sp³-hybridized carbons (Fsp3) is 0.538. The van der Waals surface area contributed by atoms with Crippen LogP contribution in [0.3, 0.4) is 0 Å². The van der Waals surface area contributed by atoms with Crippen LogP contribution in [0.5, 0.6) is 0 Å². The van der Waals surface area contributed by atoms with Crippen molar-refractivity contribution < 1.29 is 0 Å². The predicted octanol–water partition coefficient (Wildman–Crippen LogP) is 1.36. The molecule has 1 aliphatic rings. The summed E-state index contributed by atoms with van der Waals surface area (Å²) in [6.07, 6.45) is 3.03. The highest BCUT2D eigenvalue weighted by Gasteiger charge is 2.23. The largest absolute Gasteiger partial charge is 0.369 e. The molecule has 96 valence electrons. The second kappa shape index (κ2) is 4.57. The summed E-state index contributed by atoms with van der Waals surface area (Å²) in [5.41, 5.74) is 7.79. The molecule has 5 nitrogen and oxygen atoms in total. The van der Waals surface area contributed by atoms with Gasteiger partial charge in [-0.25, -0.2) is 9.97 Å². The summed E-state index contributed by atoms with van der Waals surface area (Å²) in [5.74, 6) is 1.24. The molecule has 0 aliphatic carbocycles. The Morgan fingerprint density at radius 1 is 1.50 bits per heavy atom. The maximum absolute atomic E-state index is 6.00. The minimum absolute atomic E-state index is 0.582. The molecule has 1 aliphatic heterocycles. The Bertz CT molecular complexity index is 547. The van der Waals surface area contributed by atoms with Gasteiger partial charge in [-0.2, -0.15) is 0 Å². The Labute approximate surface area is 107 Å². The van der Waals surface area contributed by atoms with Gasteiger partial charge in [0, 0.05) is 19.3 Å². The number of anilines is 1. The van der Waals surface area contributed by atoms with E-state index in [2.05, 4.69) is 26.4 Å². The van der Waals surface area contributed by atoms with E-state index in [4.69, 9.17) is 5.73 Å². The zero-order chi connectivity index (χ0) is 12.5. The Kier molecular flexibility index (Phi) is 2.91. The van der Waals surface area contributed by atoms with Crippen molar-refractivity contribution in [3.05, 3.63) is 18.3 Å². The van der Waals surface area contributed by atoms with Crippen LogP contribution in [0.25, 0.3) is 11.2 Å². The number of rotatable bonds is 3. The summed E-state index contributed by atoms with van der Waals surface area (Å²) >= 11 is 0. The summed E-state index contributed by atoms with van der Waals surface area (Å²) in [7, 11) is 0. The van der Waals surface area contributed by atoms with Crippen molar-refractivity contribution in [1.82, 2.24) is 19.4 Å². The number of imidazole rings is 1. The van der Waals surface area contributed by atoms with Crippen molar-refractivity contribution in [2.45, 2.75) is 19.9 Å². The van der Waals surface area contributed by atoms with Crippen molar-refractivity contribution in [2.24, 2.45) is 5.92 Å². The Hall–Kier alpha value is -1.62. The van der Waals surface area contributed by atoms with E-state index >= 15 is 0 Å². The van der Waals surface area contributed by atoms with E-state index in [-0.39, 0.29) is 0 Å². The molecular weight excluding hydrogens is 226 g/mol. The molecule has 0 aromatic carbocycles. The van der Waals surface area contributed by atoms with Gasteiger partial charge >= 0.3 is 0 Å². The van der Waals surface area contributed by atoms with E-state index in [9.17, 15) is 0 Å². The molecule has 3 heterocycles. The van der Waals surface area contributed by atoms with E-state index in [0.29, 0.717) is 11.9 Å². The lowest BCUT2D eigenvalue weighted by atomic mass is 10.1. The first-order valence-corrected chi connectivity index (χ1v) is 6.57. The highest BCUT2D eigenvalue weighted by Crippen LogP contribution is 2.22. The van der Waals surface area contributed by atoms with Crippen LogP contribution < -0.4 is 5.73 Å². The van der Waals surface area contributed by atoms with Crippen LogP contribution in [0, 0.1) is 5.92 Å². The molecule has 2 N–H and O–H groups in total. The number of likely N-dealkylation sites (tertiary alicyclic amines) is 1. The molecule has 0 spiro atoms. The SMILES string of the molecule is CCN1CCC(Cn2c(N)nc3cccnc32)C1. The van der Waals surface area contributed by atoms with Crippen LogP contribution in [0.2, 0.25) is 0 Å². The van der Waals surface area contributed by atoms with Crippen molar-refractivity contribution in [1.29, 1.82) is 0 Å². The monoisotopic (exact) mass is 245 g/mol. The average molecular weight is 245 g/mol. The molecule has 1 atom stereocenters. The molecule has 2 aromatic rings. The van der Waals surface area contributed by atoms with Crippen molar-refractivity contribution in [3.63, 3.8) is 0 Å². The minimum Gasteiger partial charge on any atom is -0.369 e. The first kappa shape index (κ1) is 11.5. The predicted molar refractivity (Wildman–Crippen MR) is 72.2 cm³/mol. The maximum atomic E-state index is 6.00. The number of pyridine rings is 1. The number of nitrogens with zero attached hydrogens (tertiary/aromatic N) is 4. The fourth-order valence-corrected chi connectivity index (χ4v) is 2.76. The van der Waals surface area contributed by atoms with E-state index in [1.54, 1.807) is 6.20 Å². The quantitative estimate of drug-likeness (QED) is 0.887. The molecule has 1 fully saturated rings. The smallest absolute Gasteiger partial charge is 0.202 e. The van der Waals surface area contributed by atoms with Crippen LogP contribution in [-0.4, -0.2) is 39.1 Å². The molecule has 5 heteroatoms. The maximum Gasteiger partial charge on any atom is 0.202 e. The normalized spacial score (nSPS) is 20.8. The lowest BCUT2D eigenvalue weighted by molar-refractivity contribution is 0.334. The van der Waals surface area contributed by atoms with E-state index in [0.717, 1.165) is 30.8 Å². The molecular formula is C13H19N5. The molecule has 2 aromatic heterocycles. The minimum atomic E-state index is 0.582. The van der Waals surface area contributed by atoms with Crippen molar-refractivity contribution in [2.75, 3.05) is 25.4 Å². The fourth-order valence-electron chi connectivity index (χ4n) is 2.76. The zero-order valence-electron chi connectivity index (χ0n) is 10.7. The summed E-state index contributed by atoms with van der Waals surface area (Å²) in [4.78, 5) is 11.2. The second-order valence-electron chi connectivity index (χ2n) is 4.97. The van der Waals surface area contributed by atoms with Gasteiger partial charge in [0.1, 0.15) is 5.52 Å². The van der Waals surface area contributed by atoms with Crippen LogP contribution in [0.15, 0.2) is 18.3 Å². The van der Waals surface area contributed by atoms with Gasteiger partial charge in [0.2, 0.25) is 5.95 Å². The van der Waals surface area contributed by atoms with Gasteiger partial charge in [-0.05, 0) is 37.6 Å². The van der Waals surface area contributed by atoms with E-state index in [1.165, 1.54) is 13.0 Å². The van der Waals surface area contributed by atoms with Gasteiger partial charge in [0.15, 0.2) is 5.65 Å². The van der Waals surface area contributed by atoms with Crippen LogP contribution in [0.1, 0.15) is 13.3 Å². The van der Waals surface area contributed by atoms with Crippen molar-refractivity contribution >= 4 is 17.1 Å². The molecule has 3 rings (SSSR count). The lowest BCUT2D eigenvalue weighted by Crippen LogP contribution is -2.21. The Morgan fingerprint density at radius 3 is 3.17 bits per heavy atom. The first-order chi connectivity index (χ1) is 8.78. The van der Waals surface area contributed by atoms with Gasteiger partial charge in [-0.1, -0.05) is 6.92 Å². The number of hydrogen-bond acceptors (Lipinski definition) is 4. The molecule has 0 saturated carbocycles. The molecule has 0 amide bonds. The van der Waals surface area contributed by atoms with Gasteiger partial charge in [0.05, 0.1) is 0 Å². The topological polar surface area (TPSA) is 60.0 Å². The average Bonchev–Trinajstić information content (AvgIpc) is 2.96. The number of nitrogen functional groups attached to an aromatic ring is 1. The van der Waals surface area contributed by atoms with E-state index < -0.39 is 0 Å². The molecule has 0 bridgehead atoms. The Balaban J connectivity index is 1.84. The van der Waals surface area contributed by atoms with Crippen LogP contribution in [-0.2, 0) is 6.54 Å². The third kappa shape index (κ3) is 1.95. The van der Waals surface area contributed by atoms with Gasteiger partial charge in [-0.3, -0.25) is 4.57 Å². The lowest BCUT2D eigenvalue weighted by Gasteiger charge is -2.14. The molecule has 1 saturated heterocycles. The molecule has 18 heavy (non-hydrogen) atoms. The zero-order valence-corrected chi connectivity index (χ0v) is 10.7. The third-order valence-electron chi connectivity index (χ3n) is 3.79. The second-order valence-corrected chi connectivity index (χ2v) is 4.97. The highest BCUT2D eigenvalue weighted by molar-refractivity contribution is 5.73. The van der Waals surface area contributed by atoms with Crippen LogP contribution in [0.4, 0.5) is 5.95 Å². The molecule has 0 radical (unpaired) electrons. The number of aromatic nitrogens is 3. The van der Waals surface area contributed by atoms with Crippen LogP contribution >= 0.6 is 0 Å². The van der Waals surface area contributed by atoms with Gasteiger partial charge < -0.3 is 10.6 Å². The number of nitrogens with two attached hydrogens (primary N) is 1. The summed E-state index contributed by atoms with van der Waals surface area (Å²) in [6.45, 7) is 6.62. The van der Waals surface area contributed by atoms with Crippen molar-refractivity contribution in [3.8, 4) is 0 Å². The summed E-state index contributed by atoms with van der Waals surface area (Å²) in [6, 6.07) is 3.86.